The van der Waals surface area contributed by atoms with Gasteiger partial charge in [0.25, 0.3) is 0 Å². The minimum atomic E-state index is -0.106. The molecule has 0 saturated heterocycles. The van der Waals surface area contributed by atoms with E-state index < -0.39 is 0 Å². The molecule has 0 aliphatic carbocycles. The lowest BCUT2D eigenvalue weighted by Crippen LogP contribution is -2.22. The fourth-order valence-corrected chi connectivity index (χ4v) is 1.63. The number of hydrogen-bond donors (Lipinski definition) is 0. The van der Waals surface area contributed by atoms with Crippen LogP contribution in [0, 0.1) is 0 Å². The first-order valence-corrected chi connectivity index (χ1v) is 6.98. The van der Waals surface area contributed by atoms with E-state index >= 15 is 0 Å². The molecule has 0 amide bonds. The van der Waals surface area contributed by atoms with Crippen molar-refractivity contribution >= 4 is 31.9 Å². The van der Waals surface area contributed by atoms with E-state index in [1.54, 1.807) is 0 Å². The summed E-state index contributed by atoms with van der Waals surface area (Å²) in [5, 5.41) is 0.0840. The fourth-order valence-electron chi connectivity index (χ4n) is 1.15. The van der Waals surface area contributed by atoms with E-state index in [1.807, 2.05) is 13.8 Å². The molecular formula is C10H20Br2O2. The summed E-state index contributed by atoms with van der Waals surface area (Å²) in [6.45, 7) is 6.10. The van der Waals surface area contributed by atoms with Gasteiger partial charge in [-0.25, -0.2) is 0 Å². The van der Waals surface area contributed by atoms with Crippen molar-refractivity contribution in [1.29, 1.82) is 0 Å². The van der Waals surface area contributed by atoms with E-state index in [0.29, 0.717) is 0 Å². The van der Waals surface area contributed by atoms with E-state index in [-0.39, 0.29) is 16.3 Å². The maximum Gasteiger partial charge on any atom is 0.160 e. The van der Waals surface area contributed by atoms with Gasteiger partial charge in [-0.2, -0.15) is 0 Å². The molecule has 0 aliphatic heterocycles. The summed E-state index contributed by atoms with van der Waals surface area (Å²) in [6.07, 6.45) is 4.46. The third-order valence-electron chi connectivity index (χ3n) is 1.72. The third-order valence-corrected chi connectivity index (χ3v) is 2.15. The number of ether oxygens (including phenoxy) is 2. The van der Waals surface area contributed by atoms with E-state index in [4.69, 9.17) is 9.47 Å². The molecule has 0 bridgehead atoms. The molecule has 0 fully saturated rings. The van der Waals surface area contributed by atoms with Gasteiger partial charge >= 0.3 is 0 Å². The molecule has 0 heterocycles. The molecular weight excluding hydrogens is 312 g/mol. The molecule has 14 heavy (non-hydrogen) atoms. The lowest BCUT2D eigenvalue weighted by molar-refractivity contribution is -0.153. The summed E-state index contributed by atoms with van der Waals surface area (Å²) in [4.78, 5) is 0. The van der Waals surface area contributed by atoms with Gasteiger partial charge in [-0.15, -0.1) is 0 Å². The fraction of sp³-hybridized carbons (Fsp3) is 1.00. The summed E-state index contributed by atoms with van der Waals surface area (Å²) in [5.74, 6) is 0. The molecule has 0 aromatic carbocycles. The molecule has 0 N–H and O–H groups in total. The first-order valence-electron chi connectivity index (χ1n) is 5.15. The van der Waals surface area contributed by atoms with Crippen molar-refractivity contribution in [2.24, 2.45) is 0 Å². The molecule has 2 nitrogen and oxygen atoms in total. The molecule has 86 valence electrons. The number of alkyl halides is 2. The first kappa shape index (κ1) is 14.9. The maximum absolute atomic E-state index is 5.57. The Morgan fingerprint density at radius 3 is 1.86 bits per heavy atom. The van der Waals surface area contributed by atoms with Gasteiger partial charge in [0.2, 0.25) is 0 Å². The minimum absolute atomic E-state index is 0.0420. The summed E-state index contributed by atoms with van der Waals surface area (Å²) >= 11 is 6.71. The number of hydrogen-bond acceptors (Lipinski definition) is 2. The second-order valence-electron chi connectivity index (χ2n) is 3.28. The molecule has 2 atom stereocenters. The Labute approximate surface area is 104 Å². The van der Waals surface area contributed by atoms with Gasteiger partial charge in [0.05, 0.1) is 0 Å². The monoisotopic (exact) mass is 330 g/mol. The Bertz CT molecular complexity index is 119. The van der Waals surface area contributed by atoms with Crippen molar-refractivity contribution in [3.63, 3.8) is 0 Å². The molecule has 2 unspecified atom stereocenters. The van der Waals surface area contributed by atoms with Crippen LogP contribution in [0.2, 0.25) is 0 Å². The standard InChI is InChI=1S/C10H20Br2O2/c1-4-5-6-7-10(13-8(2)11)14-9(3)12/h8-10H,4-7H2,1-3H3. The zero-order valence-electron chi connectivity index (χ0n) is 9.13. The summed E-state index contributed by atoms with van der Waals surface area (Å²) in [5.41, 5.74) is 0. The van der Waals surface area contributed by atoms with Crippen LogP contribution >= 0.6 is 31.9 Å². The largest absolute Gasteiger partial charge is 0.338 e. The molecule has 0 aromatic heterocycles. The first-order chi connectivity index (χ1) is 6.56. The van der Waals surface area contributed by atoms with Gasteiger partial charge in [-0.1, -0.05) is 51.6 Å². The van der Waals surface area contributed by atoms with Crippen molar-refractivity contribution < 1.29 is 9.47 Å². The second-order valence-corrected chi connectivity index (χ2v) is 5.86. The van der Waals surface area contributed by atoms with Crippen molar-refractivity contribution in [2.75, 3.05) is 0 Å². The minimum Gasteiger partial charge on any atom is -0.338 e. The zero-order chi connectivity index (χ0) is 11.0. The van der Waals surface area contributed by atoms with E-state index in [1.165, 1.54) is 12.8 Å². The summed E-state index contributed by atoms with van der Waals surface area (Å²) < 4.78 is 11.1. The van der Waals surface area contributed by atoms with E-state index in [0.717, 1.165) is 12.8 Å². The van der Waals surface area contributed by atoms with Crippen molar-refractivity contribution in [2.45, 2.75) is 62.8 Å². The van der Waals surface area contributed by atoms with Crippen molar-refractivity contribution in [3.05, 3.63) is 0 Å². The average Bonchev–Trinajstić information content (AvgIpc) is 2.02. The van der Waals surface area contributed by atoms with Gasteiger partial charge in [-0.3, -0.25) is 0 Å². The van der Waals surface area contributed by atoms with Gasteiger partial charge < -0.3 is 9.47 Å². The van der Waals surface area contributed by atoms with E-state index in [2.05, 4.69) is 38.8 Å². The number of halogens is 2. The third kappa shape index (κ3) is 9.44. The van der Waals surface area contributed by atoms with Gasteiger partial charge in [0.15, 0.2) is 6.29 Å². The quantitative estimate of drug-likeness (QED) is 0.372. The number of unbranched alkanes of at least 4 members (excludes halogenated alkanes) is 2. The van der Waals surface area contributed by atoms with Crippen molar-refractivity contribution in [1.82, 2.24) is 0 Å². The molecule has 0 radical (unpaired) electrons. The average molecular weight is 332 g/mol. The van der Waals surface area contributed by atoms with Crippen LogP contribution in [0.25, 0.3) is 0 Å². The van der Waals surface area contributed by atoms with Gasteiger partial charge in [-0.05, 0) is 26.7 Å². The van der Waals surface area contributed by atoms with Crippen LogP contribution in [0.4, 0.5) is 0 Å². The molecule has 0 spiro atoms. The topological polar surface area (TPSA) is 18.5 Å². The molecule has 0 aromatic rings. The Morgan fingerprint density at radius 1 is 1.00 bits per heavy atom. The van der Waals surface area contributed by atoms with Crippen LogP contribution in [0.3, 0.4) is 0 Å². The lowest BCUT2D eigenvalue weighted by Gasteiger charge is -2.21. The summed E-state index contributed by atoms with van der Waals surface area (Å²) in [6, 6.07) is 0. The highest BCUT2D eigenvalue weighted by atomic mass is 79.9. The number of rotatable bonds is 8. The SMILES string of the molecule is CCCCCC(OC(C)Br)OC(C)Br. The second kappa shape index (κ2) is 9.13. The Balaban J connectivity index is 3.72. The highest BCUT2D eigenvalue weighted by Gasteiger charge is 2.13. The van der Waals surface area contributed by atoms with Gasteiger partial charge in [0.1, 0.15) is 10.0 Å². The molecule has 4 heteroatoms. The molecule has 0 aliphatic rings. The summed E-state index contributed by atoms with van der Waals surface area (Å²) in [7, 11) is 0. The Hall–Kier alpha value is 0.880. The van der Waals surface area contributed by atoms with Crippen LogP contribution < -0.4 is 0 Å². The van der Waals surface area contributed by atoms with E-state index in [9.17, 15) is 0 Å². The molecule has 0 rings (SSSR count). The van der Waals surface area contributed by atoms with Gasteiger partial charge in [0, 0.05) is 0 Å². The van der Waals surface area contributed by atoms with Crippen LogP contribution in [-0.4, -0.2) is 16.3 Å². The predicted octanol–water partition coefficient (Wildman–Crippen LogP) is 4.41. The Kier molecular flexibility index (Phi) is 9.70. The maximum atomic E-state index is 5.57. The zero-order valence-corrected chi connectivity index (χ0v) is 12.3. The smallest absolute Gasteiger partial charge is 0.160 e. The Morgan fingerprint density at radius 2 is 1.50 bits per heavy atom. The van der Waals surface area contributed by atoms with Crippen LogP contribution in [0.5, 0.6) is 0 Å². The van der Waals surface area contributed by atoms with Crippen molar-refractivity contribution in [3.8, 4) is 0 Å². The molecule has 0 saturated carbocycles. The predicted molar refractivity (Wildman–Crippen MR) is 66.9 cm³/mol. The van der Waals surface area contributed by atoms with Crippen LogP contribution in [0.15, 0.2) is 0 Å². The van der Waals surface area contributed by atoms with Crippen LogP contribution in [-0.2, 0) is 9.47 Å². The normalized spacial score (nSPS) is 17.8. The highest BCUT2D eigenvalue weighted by Crippen LogP contribution is 2.16. The highest BCUT2D eigenvalue weighted by molar-refractivity contribution is 9.09. The van der Waals surface area contributed by atoms with Crippen LogP contribution in [0.1, 0.15) is 46.5 Å². The lowest BCUT2D eigenvalue weighted by atomic mass is 10.2.